The molecule has 2 unspecified atom stereocenters. The van der Waals surface area contributed by atoms with Crippen molar-refractivity contribution in [3.8, 4) is 0 Å². The molecule has 0 aromatic carbocycles. The summed E-state index contributed by atoms with van der Waals surface area (Å²) in [4.78, 5) is 12.8. The maximum atomic E-state index is 10.8. The molecule has 0 radical (unpaired) electrons. The zero-order chi connectivity index (χ0) is 12.3. The SMILES string of the molecule is CC(CN(C)C(C)c1csc(Cl)c1)C(=O)O. The number of hydrogen-bond donors (Lipinski definition) is 1. The molecule has 0 saturated carbocycles. The van der Waals surface area contributed by atoms with Gasteiger partial charge in [0, 0.05) is 12.6 Å². The molecule has 2 atom stereocenters. The van der Waals surface area contributed by atoms with Crippen LogP contribution in [-0.4, -0.2) is 29.6 Å². The third-order valence-electron chi connectivity index (χ3n) is 2.71. The predicted molar refractivity (Wildman–Crippen MR) is 67.2 cm³/mol. The zero-order valence-corrected chi connectivity index (χ0v) is 11.2. The van der Waals surface area contributed by atoms with Gasteiger partial charge in [0.2, 0.25) is 0 Å². The van der Waals surface area contributed by atoms with Crippen LogP contribution >= 0.6 is 22.9 Å². The molecule has 0 aliphatic heterocycles. The van der Waals surface area contributed by atoms with E-state index in [1.807, 2.05) is 30.3 Å². The van der Waals surface area contributed by atoms with E-state index in [1.165, 1.54) is 11.3 Å². The van der Waals surface area contributed by atoms with Crippen molar-refractivity contribution in [1.29, 1.82) is 0 Å². The third kappa shape index (κ3) is 3.47. The maximum Gasteiger partial charge on any atom is 0.307 e. The predicted octanol–water partition coefficient (Wildman–Crippen LogP) is 3.12. The molecule has 90 valence electrons. The van der Waals surface area contributed by atoms with E-state index in [1.54, 1.807) is 6.92 Å². The minimum absolute atomic E-state index is 0.186. The topological polar surface area (TPSA) is 40.5 Å². The molecule has 0 aliphatic carbocycles. The molecule has 0 saturated heterocycles. The normalized spacial score (nSPS) is 15.1. The largest absolute Gasteiger partial charge is 0.481 e. The van der Waals surface area contributed by atoms with Gasteiger partial charge in [-0.15, -0.1) is 11.3 Å². The first-order valence-corrected chi connectivity index (χ1v) is 6.34. The number of rotatable bonds is 5. The van der Waals surface area contributed by atoms with E-state index in [2.05, 4.69) is 0 Å². The van der Waals surface area contributed by atoms with Gasteiger partial charge in [0.1, 0.15) is 0 Å². The van der Waals surface area contributed by atoms with Gasteiger partial charge in [-0.3, -0.25) is 9.69 Å². The Labute approximate surface area is 105 Å². The summed E-state index contributed by atoms with van der Waals surface area (Å²) in [5, 5.41) is 10.9. The Kier molecular flexibility index (Phi) is 4.77. The van der Waals surface area contributed by atoms with Crippen LogP contribution in [0.5, 0.6) is 0 Å². The van der Waals surface area contributed by atoms with Crippen molar-refractivity contribution in [1.82, 2.24) is 4.90 Å². The van der Waals surface area contributed by atoms with Crippen molar-refractivity contribution in [2.45, 2.75) is 19.9 Å². The van der Waals surface area contributed by atoms with Crippen LogP contribution < -0.4 is 0 Å². The lowest BCUT2D eigenvalue weighted by Crippen LogP contribution is -2.30. The second kappa shape index (κ2) is 5.66. The van der Waals surface area contributed by atoms with Gasteiger partial charge in [-0.1, -0.05) is 18.5 Å². The summed E-state index contributed by atoms with van der Waals surface area (Å²) in [5.41, 5.74) is 1.13. The minimum Gasteiger partial charge on any atom is -0.481 e. The number of carbonyl (C=O) groups is 1. The highest BCUT2D eigenvalue weighted by molar-refractivity contribution is 7.14. The van der Waals surface area contributed by atoms with Gasteiger partial charge < -0.3 is 5.11 Å². The number of hydrogen-bond acceptors (Lipinski definition) is 3. The van der Waals surface area contributed by atoms with E-state index in [9.17, 15) is 4.79 Å². The lowest BCUT2D eigenvalue weighted by atomic mass is 10.1. The van der Waals surface area contributed by atoms with Crippen LogP contribution in [0.1, 0.15) is 25.5 Å². The van der Waals surface area contributed by atoms with E-state index in [4.69, 9.17) is 16.7 Å². The highest BCUT2D eigenvalue weighted by Crippen LogP contribution is 2.27. The first-order valence-electron chi connectivity index (χ1n) is 5.08. The number of aliphatic carboxylic acids is 1. The second-order valence-corrected chi connectivity index (χ2v) is 5.58. The van der Waals surface area contributed by atoms with Crippen molar-refractivity contribution in [2.24, 2.45) is 5.92 Å². The Hall–Kier alpha value is -0.580. The summed E-state index contributed by atoms with van der Waals surface area (Å²) < 4.78 is 0.765. The van der Waals surface area contributed by atoms with Crippen molar-refractivity contribution < 1.29 is 9.90 Å². The quantitative estimate of drug-likeness (QED) is 0.885. The van der Waals surface area contributed by atoms with Crippen molar-refractivity contribution in [3.05, 3.63) is 21.3 Å². The Morgan fingerprint density at radius 2 is 2.25 bits per heavy atom. The lowest BCUT2D eigenvalue weighted by molar-refractivity contribution is -0.141. The monoisotopic (exact) mass is 261 g/mol. The first-order chi connectivity index (χ1) is 7.41. The number of carboxylic acids is 1. The molecule has 3 nitrogen and oxygen atoms in total. The second-order valence-electron chi connectivity index (χ2n) is 4.04. The van der Waals surface area contributed by atoms with Crippen LogP contribution in [0, 0.1) is 5.92 Å². The summed E-state index contributed by atoms with van der Waals surface area (Å²) in [6.07, 6.45) is 0. The van der Waals surface area contributed by atoms with E-state index in [-0.39, 0.29) is 12.0 Å². The fraction of sp³-hybridized carbons (Fsp3) is 0.545. The summed E-state index contributed by atoms with van der Waals surface area (Å²) in [5.74, 6) is -1.12. The van der Waals surface area contributed by atoms with Gasteiger partial charge in [-0.25, -0.2) is 0 Å². The number of halogens is 1. The molecule has 0 aliphatic rings. The smallest absolute Gasteiger partial charge is 0.307 e. The van der Waals surface area contributed by atoms with Gasteiger partial charge in [-0.2, -0.15) is 0 Å². The van der Waals surface area contributed by atoms with Crippen LogP contribution in [0.2, 0.25) is 4.34 Å². The highest BCUT2D eigenvalue weighted by atomic mass is 35.5. The zero-order valence-electron chi connectivity index (χ0n) is 9.61. The van der Waals surface area contributed by atoms with Gasteiger partial charge in [0.05, 0.1) is 10.3 Å². The fourth-order valence-corrected chi connectivity index (χ4v) is 2.44. The third-order valence-corrected chi connectivity index (χ3v) is 3.82. The Morgan fingerprint density at radius 3 is 2.69 bits per heavy atom. The molecular weight excluding hydrogens is 246 g/mol. The molecule has 1 heterocycles. The Balaban J connectivity index is 2.60. The van der Waals surface area contributed by atoms with Crippen LogP contribution in [0.4, 0.5) is 0 Å². The molecule has 0 amide bonds. The molecule has 0 fully saturated rings. The van der Waals surface area contributed by atoms with Crippen LogP contribution in [0.15, 0.2) is 11.4 Å². The van der Waals surface area contributed by atoms with Crippen molar-refractivity contribution in [2.75, 3.05) is 13.6 Å². The Morgan fingerprint density at radius 1 is 1.62 bits per heavy atom. The van der Waals surface area contributed by atoms with Gasteiger partial charge in [0.15, 0.2) is 0 Å². The summed E-state index contributed by atoms with van der Waals surface area (Å²) in [6.45, 7) is 4.29. The van der Waals surface area contributed by atoms with Gasteiger partial charge in [0.25, 0.3) is 0 Å². The van der Waals surface area contributed by atoms with E-state index in [0.717, 1.165) is 9.90 Å². The Bertz CT molecular complexity index is 367. The molecule has 1 aromatic heterocycles. The summed E-state index contributed by atoms with van der Waals surface area (Å²) in [7, 11) is 1.93. The average Bonchev–Trinajstić information content (AvgIpc) is 2.63. The summed E-state index contributed by atoms with van der Waals surface area (Å²) >= 11 is 7.37. The van der Waals surface area contributed by atoms with Crippen LogP contribution in [0.3, 0.4) is 0 Å². The van der Waals surface area contributed by atoms with Crippen molar-refractivity contribution in [3.63, 3.8) is 0 Å². The minimum atomic E-state index is -0.762. The fourth-order valence-electron chi connectivity index (χ4n) is 1.47. The highest BCUT2D eigenvalue weighted by Gasteiger charge is 2.18. The molecule has 5 heteroatoms. The van der Waals surface area contributed by atoms with Crippen LogP contribution in [0.25, 0.3) is 0 Å². The average molecular weight is 262 g/mol. The molecule has 1 aromatic rings. The number of nitrogens with zero attached hydrogens (tertiary/aromatic N) is 1. The molecule has 0 bridgehead atoms. The van der Waals surface area contributed by atoms with E-state index >= 15 is 0 Å². The number of thiophene rings is 1. The molecule has 0 spiro atoms. The molecule has 1 N–H and O–H groups in total. The van der Waals surface area contributed by atoms with Gasteiger partial charge in [-0.05, 0) is 31.0 Å². The van der Waals surface area contributed by atoms with E-state index in [0.29, 0.717) is 6.54 Å². The summed E-state index contributed by atoms with van der Waals surface area (Å²) in [6, 6.07) is 2.12. The van der Waals surface area contributed by atoms with Crippen molar-refractivity contribution >= 4 is 28.9 Å². The standard InChI is InChI=1S/C11H16ClNO2S/c1-7(11(14)15)5-13(3)8(2)9-4-10(12)16-6-9/h4,6-8H,5H2,1-3H3,(H,14,15). The van der Waals surface area contributed by atoms with E-state index < -0.39 is 5.97 Å². The molecule has 1 rings (SSSR count). The van der Waals surface area contributed by atoms with Crippen LogP contribution in [-0.2, 0) is 4.79 Å². The molecule has 16 heavy (non-hydrogen) atoms. The lowest BCUT2D eigenvalue weighted by Gasteiger charge is -2.25. The molecular formula is C11H16ClNO2S. The van der Waals surface area contributed by atoms with Gasteiger partial charge >= 0.3 is 5.97 Å². The first kappa shape index (κ1) is 13.5. The number of carboxylic acid groups (broad SMARTS) is 1. The maximum absolute atomic E-state index is 10.8.